The van der Waals surface area contributed by atoms with Gasteiger partial charge in [-0.3, -0.25) is 10.2 Å². The molecule has 1 atom stereocenters. The van der Waals surface area contributed by atoms with Crippen molar-refractivity contribution in [1.82, 2.24) is 10.4 Å². The number of hydrogen-bond acceptors (Lipinski definition) is 3. The maximum Gasteiger partial charge on any atom is 0.409 e. The minimum Gasteiger partial charge on any atom is -0.493 e. The van der Waals surface area contributed by atoms with Gasteiger partial charge in [0.25, 0.3) is 0 Å². The average Bonchev–Trinajstić information content (AvgIpc) is 2.98. The van der Waals surface area contributed by atoms with E-state index in [-0.39, 0.29) is 12.0 Å². The molecule has 176 valence electrons. The summed E-state index contributed by atoms with van der Waals surface area (Å²) in [5.74, 6) is 0.0354. The fourth-order valence-electron chi connectivity index (χ4n) is 4.43. The molecule has 1 N–H and O–H groups in total. The number of halogens is 3. The first-order valence-electron chi connectivity index (χ1n) is 11.4. The van der Waals surface area contributed by atoms with E-state index in [9.17, 15) is 18.0 Å². The molecule has 0 aliphatic carbocycles. The van der Waals surface area contributed by atoms with Gasteiger partial charge in [0, 0.05) is 17.3 Å². The topological polar surface area (TPSA) is 41.6 Å². The summed E-state index contributed by atoms with van der Waals surface area (Å²) < 4.78 is 49.2. The Hall–Kier alpha value is -2.28. The molecule has 0 aromatic heterocycles. The van der Waals surface area contributed by atoms with Gasteiger partial charge in [0.05, 0.1) is 6.61 Å². The zero-order chi connectivity index (χ0) is 23.4. The zero-order valence-electron chi connectivity index (χ0n) is 19.1. The molecule has 1 heterocycles. The Morgan fingerprint density at radius 2 is 1.72 bits per heavy atom. The number of alkyl halides is 3. The summed E-state index contributed by atoms with van der Waals surface area (Å²) >= 11 is 0. The van der Waals surface area contributed by atoms with Gasteiger partial charge in [0.1, 0.15) is 5.75 Å². The Morgan fingerprint density at radius 3 is 2.34 bits per heavy atom. The van der Waals surface area contributed by atoms with Crippen LogP contribution in [0.5, 0.6) is 5.75 Å². The van der Waals surface area contributed by atoms with Crippen LogP contribution in [0.2, 0.25) is 0 Å². The maximum atomic E-state index is 14.4. The number of ether oxygens (including phenoxy) is 1. The standard InChI is InChI=1S/C25H33F3N2O2/c1-4-5-6-7-8-9-16-32-20-15-11-13-18-12-10-14-19(22(18)20)23(25(26,27)28)30-24(2,3)17-21(31)29-30/h10-15,23H,4-9,16-17H2,1-3H3,(H,29,31). The van der Waals surface area contributed by atoms with Crippen LogP contribution in [0.4, 0.5) is 13.2 Å². The van der Waals surface area contributed by atoms with Gasteiger partial charge >= 0.3 is 6.18 Å². The Morgan fingerprint density at radius 1 is 1.06 bits per heavy atom. The highest BCUT2D eigenvalue weighted by Crippen LogP contribution is 2.46. The monoisotopic (exact) mass is 450 g/mol. The Labute approximate surface area is 188 Å². The number of hydrazine groups is 1. The highest BCUT2D eigenvalue weighted by molar-refractivity contribution is 5.92. The molecule has 1 aliphatic rings. The molecule has 0 saturated carbocycles. The molecule has 2 aromatic rings. The summed E-state index contributed by atoms with van der Waals surface area (Å²) in [5.41, 5.74) is 1.55. The van der Waals surface area contributed by atoms with Gasteiger partial charge in [-0.05, 0) is 37.3 Å². The summed E-state index contributed by atoms with van der Waals surface area (Å²) in [7, 11) is 0. The quantitative estimate of drug-likeness (QED) is 0.410. The lowest BCUT2D eigenvalue weighted by molar-refractivity contribution is -0.203. The van der Waals surface area contributed by atoms with Gasteiger partial charge in [-0.1, -0.05) is 69.4 Å². The Balaban J connectivity index is 1.92. The second-order valence-electron chi connectivity index (χ2n) is 9.16. The summed E-state index contributed by atoms with van der Waals surface area (Å²) in [6, 6.07) is 8.23. The summed E-state index contributed by atoms with van der Waals surface area (Å²) in [6.07, 6.45) is 2.05. The van der Waals surface area contributed by atoms with Crippen molar-refractivity contribution in [2.24, 2.45) is 0 Å². The predicted molar refractivity (Wildman–Crippen MR) is 120 cm³/mol. The van der Waals surface area contributed by atoms with Crippen LogP contribution in [0.1, 0.15) is 77.3 Å². The molecule has 2 aromatic carbocycles. The van der Waals surface area contributed by atoms with E-state index in [1.807, 2.05) is 0 Å². The molecule has 1 saturated heterocycles. The third kappa shape index (κ3) is 5.55. The van der Waals surface area contributed by atoms with Crippen molar-refractivity contribution in [2.75, 3.05) is 6.61 Å². The molecule has 4 nitrogen and oxygen atoms in total. The van der Waals surface area contributed by atoms with Crippen molar-refractivity contribution in [3.8, 4) is 5.75 Å². The van der Waals surface area contributed by atoms with Gasteiger partial charge in [-0.25, -0.2) is 0 Å². The first-order valence-corrected chi connectivity index (χ1v) is 11.4. The van der Waals surface area contributed by atoms with E-state index in [1.165, 1.54) is 25.3 Å². The van der Waals surface area contributed by atoms with Crippen molar-refractivity contribution >= 4 is 16.7 Å². The molecule has 32 heavy (non-hydrogen) atoms. The van der Waals surface area contributed by atoms with Gasteiger partial charge < -0.3 is 4.74 Å². The highest BCUT2D eigenvalue weighted by Gasteiger charge is 2.53. The van der Waals surface area contributed by atoms with Crippen molar-refractivity contribution in [1.29, 1.82) is 0 Å². The molecule has 1 fully saturated rings. The van der Waals surface area contributed by atoms with Crippen LogP contribution < -0.4 is 10.2 Å². The van der Waals surface area contributed by atoms with Crippen molar-refractivity contribution in [2.45, 2.75) is 83.5 Å². The summed E-state index contributed by atoms with van der Waals surface area (Å²) in [4.78, 5) is 12.0. The number of fused-ring (bicyclic) bond motifs is 1. The fraction of sp³-hybridized carbons (Fsp3) is 0.560. The number of rotatable bonds is 10. The third-order valence-corrected chi connectivity index (χ3v) is 6.01. The van der Waals surface area contributed by atoms with E-state index in [0.29, 0.717) is 23.1 Å². The number of hydrogen-bond donors (Lipinski definition) is 1. The molecule has 1 amide bonds. The first kappa shape index (κ1) is 24.4. The lowest BCUT2D eigenvalue weighted by Gasteiger charge is -2.38. The lowest BCUT2D eigenvalue weighted by atomic mass is 9.93. The molecular weight excluding hydrogens is 417 g/mol. The van der Waals surface area contributed by atoms with E-state index < -0.39 is 23.7 Å². The maximum absolute atomic E-state index is 14.4. The SMILES string of the molecule is CCCCCCCCOc1cccc2cccc(C(N3NC(=O)CC3(C)C)C(F)(F)F)c12. The van der Waals surface area contributed by atoms with Crippen LogP contribution in [0.15, 0.2) is 36.4 Å². The number of unbranched alkanes of at least 4 members (excludes halogenated alkanes) is 5. The van der Waals surface area contributed by atoms with Gasteiger partial charge in [-0.15, -0.1) is 0 Å². The predicted octanol–water partition coefficient (Wildman–Crippen LogP) is 6.70. The van der Waals surface area contributed by atoms with E-state index >= 15 is 0 Å². The van der Waals surface area contributed by atoms with E-state index in [0.717, 1.165) is 24.3 Å². The second kappa shape index (κ2) is 10.1. The van der Waals surface area contributed by atoms with Gasteiger partial charge in [-0.2, -0.15) is 18.2 Å². The van der Waals surface area contributed by atoms with Crippen LogP contribution in [0.25, 0.3) is 10.8 Å². The Kier molecular flexibility index (Phi) is 7.70. The van der Waals surface area contributed by atoms with Crippen molar-refractivity contribution in [3.63, 3.8) is 0 Å². The van der Waals surface area contributed by atoms with Crippen LogP contribution in [-0.2, 0) is 4.79 Å². The van der Waals surface area contributed by atoms with Gasteiger partial charge in [0.2, 0.25) is 5.91 Å². The molecule has 1 unspecified atom stereocenters. The number of carbonyl (C=O) groups is 1. The normalized spacial score (nSPS) is 17.5. The number of nitrogens with one attached hydrogen (secondary N) is 1. The lowest BCUT2D eigenvalue weighted by Crippen LogP contribution is -2.51. The van der Waals surface area contributed by atoms with Crippen LogP contribution in [0, 0.1) is 0 Å². The minimum atomic E-state index is -4.59. The molecule has 1 aliphatic heterocycles. The molecule has 0 radical (unpaired) electrons. The number of amides is 1. The smallest absolute Gasteiger partial charge is 0.409 e. The minimum absolute atomic E-state index is 0.00569. The first-order chi connectivity index (χ1) is 15.1. The number of benzene rings is 2. The zero-order valence-corrected chi connectivity index (χ0v) is 19.1. The van der Waals surface area contributed by atoms with E-state index in [1.54, 1.807) is 44.2 Å². The fourth-order valence-corrected chi connectivity index (χ4v) is 4.43. The molecule has 0 spiro atoms. The largest absolute Gasteiger partial charge is 0.493 e. The number of nitrogens with zero attached hydrogens (tertiary/aromatic N) is 1. The molecule has 3 rings (SSSR count). The van der Waals surface area contributed by atoms with Crippen molar-refractivity contribution < 1.29 is 22.7 Å². The van der Waals surface area contributed by atoms with Gasteiger partial charge in [0.15, 0.2) is 6.04 Å². The van der Waals surface area contributed by atoms with Crippen LogP contribution in [-0.4, -0.2) is 29.2 Å². The average molecular weight is 451 g/mol. The van der Waals surface area contributed by atoms with Crippen molar-refractivity contribution in [3.05, 3.63) is 42.0 Å². The highest BCUT2D eigenvalue weighted by atomic mass is 19.4. The van der Waals surface area contributed by atoms with Crippen LogP contribution in [0.3, 0.4) is 0 Å². The van der Waals surface area contributed by atoms with Crippen LogP contribution >= 0.6 is 0 Å². The molecular formula is C25H33F3N2O2. The molecule has 7 heteroatoms. The molecule has 0 bridgehead atoms. The van der Waals surface area contributed by atoms with E-state index in [2.05, 4.69) is 12.3 Å². The summed E-state index contributed by atoms with van der Waals surface area (Å²) in [5, 5.41) is 2.18. The third-order valence-electron chi connectivity index (χ3n) is 6.01. The second-order valence-corrected chi connectivity index (χ2v) is 9.16. The summed E-state index contributed by atoms with van der Waals surface area (Å²) in [6.45, 7) is 5.92. The number of carbonyl (C=O) groups excluding carboxylic acids is 1. The van der Waals surface area contributed by atoms with E-state index in [4.69, 9.17) is 4.74 Å². The Bertz CT molecular complexity index is 922.